The molecule has 4 nitrogen and oxygen atoms in total. The maximum absolute atomic E-state index is 4.94. The van der Waals surface area contributed by atoms with Gasteiger partial charge < -0.3 is 18.9 Å². The van der Waals surface area contributed by atoms with Crippen molar-refractivity contribution in [3.8, 4) is 0 Å². The normalized spacial score (nSPS) is 24.0. The van der Waals surface area contributed by atoms with Gasteiger partial charge in [0, 0.05) is 52.9 Å². The van der Waals surface area contributed by atoms with Gasteiger partial charge in [0.15, 0.2) is 0 Å². The monoisotopic (exact) mass is 260 g/mol. The first-order valence-electron chi connectivity index (χ1n) is 7.31. The van der Waals surface area contributed by atoms with Gasteiger partial charge in [-0.25, -0.2) is 0 Å². The summed E-state index contributed by atoms with van der Waals surface area (Å²) in [7, 11) is 0. The molecule has 0 aromatic heterocycles. The van der Waals surface area contributed by atoms with Crippen molar-refractivity contribution in [1.29, 1.82) is 0 Å². The summed E-state index contributed by atoms with van der Waals surface area (Å²) in [6.45, 7) is 8.00. The molecule has 0 spiro atoms. The van der Waals surface area contributed by atoms with Crippen molar-refractivity contribution >= 4 is 0 Å². The summed E-state index contributed by atoms with van der Waals surface area (Å²) >= 11 is 0. The molecule has 4 aliphatic heterocycles. The second-order valence-corrected chi connectivity index (χ2v) is 4.57. The average Bonchev–Trinajstić information content (AvgIpc) is 2.92. The molecule has 4 saturated heterocycles. The zero-order chi connectivity index (χ0) is 12.7. The highest BCUT2D eigenvalue weighted by molar-refractivity contribution is 4.44. The average molecular weight is 260 g/mol. The molecule has 0 aromatic carbocycles. The molecule has 0 amide bonds. The number of hydrogen-bond acceptors (Lipinski definition) is 4. The minimum Gasteiger partial charge on any atom is -0.381 e. The Kier molecular flexibility index (Phi) is 11.7. The maximum Gasteiger partial charge on any atom is 0.0488 e. The number of hydrogen-bond donors (Lipinski definition) is 0. The van der Waals surface area contributed by atoms with Gasteiger partial charge in [-0.2, -0.15) is 0 Å². The molecule has 0 unspecified atom stereocenters. The van der Waals surface area contributed by atoms with Crippen LogP contribution in [0.25, 0.3) is 0 Å². The van der Waals surface area contributed by atoms with Gasteiger partial charge in [-0.3, -0.25) is 0 Å². The van der Waals surface area contributed by atoms with E-state index in [1.165, 1.54) is 38.5 Å². The molecule has 0 radical (unpaired) electrons. The van der Waals surface area contributed by atoms with Crippen LogP contribution < -0.4 is 0 Å². The lowest BCUT2D eigenvalue weighted by molar-refractivity contribution is 0.0366. The molecule has 108 valence electrons. The van der Waals surface area contributed by atoms with Crippen LogP contribution in [0.2, 0.25) is 0 Å². The van der Waals surface area contributed by atoms with Gasteiger partial charge in [0.05, 0.1) is 0 Å². The number of ether oxygens (including phenoxy) is 4. The van der Waals surface area contributed by atoms with E-state index in [4.69, 9.17) is 18.9 Å². The van der Waals surface area contributed by atoms with Crippen LogP contribution in [-0.2, 0) is 18.9 Å². The van der Waals surface area contributed by atoms with Crippen molar-refractivity contribution in [2.75, 3.05) is 52.9 Å². The van der Waals surface area contributed by atoms with Gasteiger partial charge in [-0.05, 0) is 38.5 Å². The minimum atomic E-state index is 1.00. The quantitative estimate of drug-likeness (QED) is 0.670. The molecule has 4 heterocycles. The minimum absolute atomic E-state index is 1.00. The molecule has 18 heavy (non-hydrogen) atoms. The molecular formula is C14H28O4. The molecule has 0 aliphatic carbocycles. The molecule has 4 aliphatic rings. The van der Waals surface area contributed by atoms with Gasteiger partial charge in [0.2, 0.25) is 0 Å². The van der Waals surface area contributed by atoms with Gasteiger partial charge >= 0.3 is 0 Å². The zero-order valence-electron chi connectivity index (χ0n) is 11.5. The molecule has 4 heteroatoms. The van der Waals surface area contributed by atoms with Gasteiger partial charge in [-0.15, -0.1) is 0 Å². The van der Waals surface area contributed by atoms with E-state index in [0.29, 0.717) is 0 Å². The van der Waals surface area contributed by atoms with Crippen LogP contribution in [0.15, 0.2) is 0 Å². The zero-order valence-corrected chi connectivity index (χ0v) is 11.5. The summed E-state index contributed by atoms with van der Waals surface area (Å²) in [5.41, 5.74) is 0. The fourth-order valence-electron chi connectivity index (χ4n) is 1.31. The van der Waals surface area contributed by atoms with Gasteiger partial charge in [0.25, 0.3) is 0 Å². The topological polar surface area (TPSA) is 36.9 Å². The highest BCUT2D eigenvalue weighted by Crippen LogP contribution is 1.98. The Morgan fingerprint density at radius 1 is 0.278 bits per heavy atom. The Morgan fingerprint density at radius 3 is 0.556 bits per heavy atom. The lowest BCUT2D eigenvalue weighted by Gasteiger charge is -2.09. The molecule has 0 saturated carbocycles. The second-order valence-electron chi connectivity index (χ2n) is 4.57. The maximum atomic E-state index is 4.94. The molecular weight excluding hydrogens is 232 g/mol. The predicted molar refractivity (Wildman–Crippen MR) is 71.0 cm³/mol. The van der Waals surface area contributed by atoms with Crippen molar-refractivity contribution in [2.45, 2.75) is 38.5 Å². The largest absolute Gasteiger partial charge is 0.381 e. The summed E-state index contributed by atoms with van der Waals surface area (Å²) in [6.07, 6.45) is 7.67. The first-order valence-corrected chi connectivity index (χ1v) is 7.31. The van der Waals surface area contributed by atoms with E-state index in [1.54, 1.807) is 0 Å². The van der Waals surface area contributed by atoms with E-state index >= 15 is 0 Å². The van der Waals surface area contributed by atoms with Crippen molar-refractivity contribution in [3.05, 3.63) is 0 Å². The molecule has 0 atom stereocenters. The molecule has 4 fully saturated rings. The summed E-state index contributed by atoms with van der Waals surface area (Å²) in [5, 5.41) is 0. The summed E-state index contributed by atoms with van der Waals surface area (Å²) in [6, 6.07) is 0. The van der Waals surface area contributed by atoms with Gasteiger partial charge in [0.1, 0.15) is 0 Å². The van der Waals surface area contributed by atoms with E-state index in [-0.39, 0.29) is 0 Å². The van der Waals surface area contributed by atoms with Crippen LogP contribution in [0.3, 0.4) is 0 Å². The summed E-state index contributed by atoms with van der Waals surface area (Å²) in [4.78, 5) is 0. The Labute approximate surface area is 111 Å². The molecule has 4 rings (SSSR count). The molecule has 0 aromatic rings. The Bertz CT molecular complexity index is 107. The Balaban J connectivity index is 0.000000121. The van der Waals surface area contributed by atoms with E-state index < -0.39 is 0 Å². The van der Waals surface area contributed by atoms with Crippen molar-refractivity contribution in [1.82, 2.24) is 0 Å². The van der Waals surface area contributed by atoms with Crippen LogP contribution in [0.4, 0.5) is 0 Å². The smallest absolute Gasteiger partial charge is 0.0488 e. The summed E-state index contributed by atoms with van der Waals surface area (Å²) in [5.74, 6) is 0. The summed E-state index contributed by atoms with van der Waals surface area (Å²) < 4.78 is 19.3. The Morgan fingerprint density at radius 2 is 0.500 bits per heavy atom. The van der Waals surface area contributed by atoms with E-state index in [0.717, 1.165) is 52.9 Å². The Hall–Kier alpha value is -0.160. The van der Waals surface area contributed by atoms with Crippen LogP contribution in [-0.4, -0.2) is 52.9 Å². The third kappa shape index (κ3) is 11.0. The highest BCUT2D eigenvalue weighted by atomic mass is 16.5. The lowest BCUT2D eigenvalue weighted by Crippen LogP contribution is -2.09. The van der Waals surface area contributed by atoms with Crippen molar-refractivity contribution in [3.63, 3.8) is 0 Å². The second kappa shape index (κ2) is 13.3. The predicted octanol–water partition coefficient (Wildman–Crippen LogP) is 2.41. The van der Waals surface area contributed by atoms with Crippen LogP contribution in [0, 0.1) is 0 Å². The van der Waals surface area contributed by atoms with Crippen LogP contribution >= 0.6 is 0 Å². The van der Waals surface area contributed by atoms with Gasteiger partial charge in [-0.1, -0.05) is 0 Å². The lowest BCUT2D eigenvalue weighted by atomic mass is 10.4. The van der Waals surface area contributed by atoms with Crippen molar-refractivity contribution in [2.24, 2.45) is 0 Å². The fraction of sp³-hybridized carbons (Fsp3) is 1.00. The SMILES string of the molecule is C1CCOC1.C1CCOC1.C1COC1.C1COC1. The van der Waals surface area contributed by atoms with E-state index in [1.807, 2.05) is 0 Å². The van der Waals surface area contributed by atoms with E-state index in [9.17, 15) is 0 Å². The first kappa shape index (κ1) is 15.9. The van der Waals surface area contributed by atoms with E-state index in [2.05, 4.69) is 0 Å². The fourth-order valence-corrected chi connectivity index (χ4v) is 1.31. The third-order valence-corrected chi connectivity index (χ3v) is 2.81. The molecule has 0 bridgehead atoms. The molecule has 0 N–H and O–H groups in total. The van der Waals surface area contributed by atoms with Crippen LogP contribution in [0.1, 0.15) is 38.5 Å². The third-order valence-electron chi connectivity index (χ3n) is 2.81. The highest BCUT2D eigenvalue weighted by Gasteiger charge is 1.95. The first-order chi connectivity index (χ1) is 9.00. The van der Waals surface area contributed by atoms with Crippen LogP contribution in [0.5, 0.6) is 0 Å². The standard InChI is InChI=1S/2C4H8O.2C3H6O/c2*1-2-4-5-3-1;2*1-2-4-3-1/h2*1-4H2;2*1-3H2. The van der Waals surface area contributed by atoms with Crippen molar-refractivity contribution < 1.29 is 18.9 Å². The number of rotatable bonds is 0.